The maximum atomic E-state index is 13.6. The number of fused-ring (bicyclic) bond motifs is 4. The van der Waals surface area contributed by atoms with E-state index < -0.39 is 0 Å². The number of H-pyrrole nitrogens is 1. The highest BCUT2D eigenvalue weighted by atomic mass is 35.5. The van der Waals surface area contributed by atoms with Crippen LogP contribution in [-0.2, 0) is 0 Å². The molecule has 1 fully saturated rings. The minimum absolute atomic E-state index is 0.161. The highest BCUT2D eigenvalue weighted by Crippen LogP contribution is 2.59. The third-order valence-corrected chi connectivity index (χ3v) is 7.88. The fourth-order valence-corrected chi connectivity index (χ4v) is 5.90. The number of nitrogens with two attached hydrogens (primary N) is 1. The van der Waals surface area contributed by atoms with Gasteiger partial charge in [0.1, 0.15) is 11.6 Å². The number of aromatic amines is 1. The molecule has 0 bridgehead atoms. The van der Waals surface area contributed by atoms with E-state index in [2.05, 4.69) is 25.4 Å². The minimum Gasteiger partial charge on any atom is -0.380 e. The average Bonchev–Trinajstić information content (AvgIpc) is 3.28. The maximum Gasteiger partial charge on any atom is 0.254 e. The highest BCUT2D eigenvalue weighted by Gasteiger charge is 2.55. The van der Waals surface area contributed by atoms with E-state index in [9.17, 15) is 4.79 Å². The van der Waals surface area contributed by atoms with Gasteiger partial charge in [-0.15, -0.1) is 5.10 Å². The molecule has 1 aliphatic heterocycles. The van der Waals surface area contributed by atoms with Gasteiger partial charge in [-0.3, -0.25) is 9.36 Å². The first-order valence-corrected chi connectivity index (χ1v) is 12.9. The molecule has 39 heavy (non-hydrogen) atoms. The molecule has 1 saturated carbocycles. The summed E-state index contributed by atoms with van der Waals surface area (Å²) in [4.78, 5) is 26.6. The van der Waals surface area contributed by atoms with Crippen molar-refractivity contribution in [3.63, 3.8) is 0 Å². The molecule has 4 aromatic heterocycles. The zero-order chi connectivity index (χ0) is 26.4. The van der Waals surface area contributed by atoms with Crippen LogP contribution in [0.15, 0.2) is 64.2 Å². The van der Waals surface area contributed by atoms with Crippen LogP contribution in [0.25, 0.3) is 39.2 Å². The Bertz CT molecular complexity index is 2010. The third kappa shape index (κ3) is 3.43. The Labute approximate surface area is 229 Å². The molecule has 192 valence electrons. The Kier molecular flexibility index (Phi) is 4.62. The Hall–Kier alpha value is -4.48. The number of hydrogen-bond donors (Lipinski definition) is 2. The number of anilines is 1. The van der Waals surface area contributed by atoms with Crippen LogP contribution in [0.2, 0.25) is 10.2 Å². The van der Waals surface area contributed by atoms with Crippen molar-refractivity contribution < 1.29 is 4.52 Å². The number of rotatable bonds is 4. The van der Waals surface area contributed by atoms with Crippen molar-refractivity contribution in [2.75, 3.05) is 5.73 Å². The Balaban J connectivity index is 1.19. The van der Waals surface area contributed by atoms with Crippen molar-refractivity contribution in [2.45, 2.75) is 18.4 Å². The zero-order valence-electron chi connectivity index (χ0n) is 19.9. The van der Waals surface area contributed by atoms with E-state index in [0.717, 1.165) is 28.9 Å². The number of nitrogens with one attached hydrogen (secondary N) is 1. The van der Waals surface area contributed by atoms with Gasteiger partial charge < -0.3 is 15.2 Å². The van der Waals surface area contributed by atoms with Crippen LogP contribution in [0, 0.1) is 5.92 Å². The smallest absolute Gasteiger partial charge is 0.254 e. The number of hydrogen-bond acceptors (Lipinski definition) is 8. The van der Waals surface area contributed by atoms with Crippen molar-refractivity contribution in [3.8, 4) is 28.2 Å². The lowest BCUT2D eigenvalue weighted by atomic mass is 10.1. The predicted octanol–water partition coefficient (Wildman–Crippen LogP) is 4.62. The number of nitrogen functional groups attached to an aromatic ring is 1. The summed E-state index contributed by atoms with van der Waals surface area (Å²) in [7, 11) is 0. The van der Waals surface area contributed by atoms with Gasteiger partial charge in [0.15, 0.2) is 16.6 Å². The monoisotopic (exact) mass is 557 g/mol. The Morgan fingerprint density at radius 2 is 2.03 bits per heavy atom. The standard InChI is InChI=1S/C26H17Cl2N9O2/c27-12-2-4-19(36-10-21(28)33-35-36)16(6-12)17-8-22(38)37-23(14-7-15(14)26(37)32-17)25-30-9-18(31-25)11-1-3-13-20(5-11)39-34-24(13)29/h1-6,8-10,14-15,23H,7H2,(H2,29,34)(H,30,31). The number of benzene rings is 2. The molecule has 0 spiro atoms. The Morgan fingerprint density at radius 3 is 2.87 bits per heavy atom. The summed E-state index contributed by atoms with van der Waals surface area (Å²) < 4.78 is 8.60. The molecule has 0 amide bonds. The van der Waals surface area contributed by atoms with Crippen molar-refractivity contribution in [1.82, 2.24) is 39.7 Å². The highest BCUT2D eigenvalue weighted by molar-refractivity contribution is 6.31. The second-order valence-corrected chi connectivity index (χ2v) is 10.6. The van der Waals surface area contributed by atoms with Gasteiger partial charge in [-0.1, -0.05) is 39.6 Å². The van der Waals surface area contributed by atoms with Gasteiger partial charge in [0, 0.05) is 28.1 Å². The maximum absolute atomic E-state index is 13.6. The predicted molar refractivity (Wildman–Crippen MR) is 144 cm³/mol. The van der Waals surface area contributed by atoms with Crippen molar-refractivity contribution >= 4 is 40.0 Å². The van der Waals surface area contributed by atoms with E-state index >= 15 is 0 Å². The SMILES string of the molecule is Nc1noc2cc(-c3cnc(C4C5CC5c5nc(-c6cc(Cl)ccc6-n6cc(Cl)nn6)cc(=O)n54)[nH]3)ccc12. The zero-order valence-corrected chi connectivity index (χ0v) is 21.4. The topological polar surface area (TPSA) is 146 Å². The molecule has 3 atom stereocenters. The van der Waals surface area contributed by atoms with Gasteiger partial charge in [-0.2, -0.15) is 0 Å². The molecule has 3 N–H and O–H groups in total. The van der Waals surface area contributed by atoms with E-state index in [1.54, 1.807) is 35.2 Å². The lowest BCUT2D eigenvalue weighted by molar-refractivity contribution is 0.460. The molecular formula is C26H17Cl2N9O2. The van der Waals surface area contributed by atoms with Gasteiger partial charge in [-0.25, -0.2) is 14.6 Å². The first-order chi connectivity index (χ1) is 18.9. The average molecular weight is 558 g/mol. The van der Waals surface area contributed by atoms with Crippen LogP contribution in [0.4, 0.5) is 5.82 Å². The van der Waals surface area contributed by atoms with E-state index in [1.807, 2.05) is 18.2 Å². The summed E-state index contributed by atoms with van der Waals surface area (Å²) in [6.07, 6.45) is 4.28. The van der Waals surface area contributed by atoms with Crippen LogP contribution in [0.5, 0.6) is 0 Å². The van der Waals surface area contributed by atoms with E-state index in [1.165, 1.54) is 10.7 Å². The molecule has 8 rings (SSSR count). The summed E-state index contributed by atoms with van der Waals surface area (Å²) in [5, 5.41) is 13.3. The second kappa shape index (κ2) is 8.01. The summed E-state index contributed by atoms with van der Waals surface area (Å²) in [5.74, 6) is 2.22. The molecule has 2 aliphatic rings. The lowest BCUT2D eigenvalue weighted by Gasteiger charge is -2.17. The number of halogens is 2. The third-order valence-electron chi connectivity index (χ3n) is 7.47. The first kappa shape index (κ1) is 22.5. The summed E-state index contributed by atoms with van der Waals surface area (Å²) in [6, 6.07) is 12.3. The van der Waals surface area contributed by atoms with Crippen LogP contribution in [-0.4, -0.2) is 39.7 Å². The van der Waals surface area contributed by atoms with Crippen molar-refractivity contribution in [2.24, 2.45) is 5.92 Å². The van der Waals surface area contributed by atoms with Crippen LogP contribution < -0.4 is 11.3 Å². The molecule has 13 heteroatoms. The minimum atomic E-state index is -0.231. The Morgan fingerprint density at radius 1 is 1.13 bits per heavy atom. The fraction of sp³-hybridized carbons (Fsp3) is 0.154. The normalized spacial score (nSPS) is 19.4. The summed E-state index contributed by atoms with van der Waals surface area (Å²) >= 11 is 12.3. The first-order valence-electron chi connectivity index (χ1n) is 12.2. The van der Waals surface area contributed by atoms with Gasteiger partial charge >= 0.3 is 0 Å². The molecule has 2 aromatic carbocycles. The second-order valence-electron chi connectivity index (χ2n) is 9.77. The molecule has 11 nitrogen and oxygen atoms in total. The van der Waals surface area contributed by atoms with Crippen LogP contribution in [0.1, 0.15) is 30.0 Å². The van der Waals surface area contributed by atoms with Gasteiger partial charge in [-0.05, 0) is 42.7 Å². The van der Waals surface area contributed by atoms with Crippen molar-refractivity contribution in [3.05, 3.63) is 87.0 Å². The van der Waals surface area contributed by atoms with Crippen LogP contribution >= 0.6 is 23.2 Å². The van der Waals surface area contributed by atoms with E-state index in [-0.39, 0.29) is 28.6 Å². The molecule has 1 aliphatic carbocycles. The van der Waals surface area contributed by atoms with Gasteiger partial charge in [0.05, 0.1) is 40.9 Å². The lowest BCUT2D eigenvalue weighted by Crippen LogP contribution is -2.27. The molecule has 0 radical (unpaired) electrons. The van der Waals surface area contributed by atoms with Gasteiger partial charge in [0.2, 0.25) is 0 Å². The van der Waals surface area contributed by atoms with Crippen LogP contribution in [0.3, 0.4) is 0 Å². The molecule has 5 heterocycles. The summed E-state index contributed by atoms with van der Waals surface area (Å²) in [5.41, 5.74) is 9.80. The largest absolute Gasteiger partial charge is 0.380 e. The number of nitrogens with zero attached hydrogens (tertiary/aromatic N) is 7. The fourth-order valence-electron chi connectivity index (χ4n) is 5.60. The van der Waals surface area contributed by atoms with E-state index in [4.69, 9.17) is 38.4 Å². The van der Waals surface area contributed by atoms with Gasteiger partial charge in [0.25, 0.3) is 5.56 Å². The summed E-state index contributed by atoms with van der Waals surface area (Å²) in [6.45, 7) is 0. The quantitative estimate of drug-likeness (QED) is 0.319. The number of imidazole rings is 1. The molecular weight excluding hydrogens is 541 g/mol. The molecule has 6 aromatic rings. The number of aromatic nitrogens is 8. The molecule has 3 unspecified atom stereocenters. The van der Waals surface area contributed by atoms with Crippen molar-refractivity contribution in [1.29, 1.82) is 0 Å². The van der Waals surface area contributed by atoms with E-state index in [0.29, 0.717) is 39.2 Å². The molecule has 0 saturated heterocycles.